The van der Waals surface area contributed by atoms with Gasteiger partial charge in [0.2, 0.25) is 11.8 Å². The number of benzene rings is 2. The average molecular weight is 418 g/mol. The van der Waals surface area contributed by atoms with Gasteiger partial charge in [0.25, 0.3) is 0 Å². The van der Waals surface area contributed by atoms with Crippen LogP contribution in [0.15, 0.2) is 66.9 Å². The van der Waals surface area contributed by atoms with E-state index in [9.17, 15) is 4.79 Å². The fourth-order valence-electron chi connectivity index (χ4n) is 3.37. The van der Waals surface area contributed by atoms with E-state index in [0.717, 1.165) is 11.1 Å². The van der Waals surface area contributed by atoms with E-state index in [1.54, 1.807) is 11.1 Å². The Hall–Kier alpha value is -3.38. The molecule has 1 aliphatic rings. The second-order valence-corrected chi connectivity index (χ2v) is 7.45. The molecule has 0 fully saturated rings. The Balaban J connectivity index is 1.59. The second kappa shape index (κ2) is 10.1. The molecule has 1 aromatic heterocycles. The van der Waals surface area contributed by atoms with Crippen LogP contribution in [0.4, 0.5) is 0 Å². The van der Waals surface area contributed by atoms with Gasteiger partial charge in [0.1, 0.15) is 6.61 Å². The van der Waals surface area contributed by atoms with Crippen molar-refractivity contribution in [2.45, 2.75) is 19.9 Å². The zero-order valence-electron chi connectivity index (χ0n) is 17.6. The van der Waals surface area contributed by atoms with Crippen LogP contribution in [0.1, 0.15) is 16.7 Å². The summed E-state index contributed by atoms with van der Waals surface area (Å²) in [7, 11) is 0. The molecule has 1 amide bonds. The Labute approximate surface area is 182 Å². The van der Waals surface area contributed by atoms with E-state index in [1.807, 2.05) is 67.6 Å². The first-order valence-corrected chi connectivity index (χ1v) is 10.4. The molecule has 0 N–H and O–H groups in total. The minimum absolute atomic E-state index is 0.0359. The number of fused-ring (bicyclic) bond motifs is 2. The van der Waals surface area contributed by atoms with E-state index in [2.05, 4.69) is 4.98 Å². The van der Waals surface area contributed by atoms with Crippen LogP contribution in [0.3, 0.4) is 0 Å². The maximum atomic E-state index is 13.1. The average Bonchev–Trinajstić information content (AvgIpc) is 2.80. The number of hydrogen-bond donors (Lipinski definition) is 0. The van der Waals surface area contributed by atoms with Crippen LogP contribution >= 0.6 is 0 Å². The predicted molar refractivity (Wildman–Crippen MR) is 117 cm³/mol. The SMILES string of the molecule is Cc1ccc(CC(=O)N2CCOCCOc3ccccc3Oc3ncccc3C2)cc1. The van der Waals surface area contributed by atoms with Crippen molar-refractivity contribution in [3.05, 3.63) is 83.6 Å². The van der Waals surface area contributed by atoms with E-state index < -0.39 is 0 Å². The minimum Gasteiger partial charge on any atom is -0.487 e. The summed E-state index contributed by atoms with van der Waals surface area (Å²) in [4.78, 5) is 19.3. The predicted octanol–water partition coefficient (Wildman–Crippen LogP) is 4.16. The Morgan fingerprint density at radius 3 is 2.61 bits per heavy atom. The first kappa shape index (κ1) is 20.9. The van der Waals surface area contributed by atoms with Crippen LogP contribution in [-0.2, 0) is 22.5 Å². The highest BCUT2D eigenvalue weighted by Crippen LogP contribution is 2.32. The number of rotatable bonds is 2. The fourth-order valence-corrected chi connectivity index (χ4v) is 3.37. The summed E-state index contributed by atoms with van der Waals surface area (Å²) in [5.74, 6) is 1.72. The zero-order chi connectivity index (χ0) is 21.5. The lowest BCUT2D eigenvalue weighted by molar-refractivity contribution is -0.131. The Kier molecular flexibility index (Phi) is 6.79. The molecule has 0 atom stereocenters. The number of para-hydroxylation sites is 2. The van der Waals surface area contributed by atoms with Crippen molar-refractivity contribution in [1.82, 2.24) is 9.88 Å². The number of hydrogen-bond acceptors (Lipinski definition) is 5. The lowest BCUT2D eigenvalue weighted by atomic mass is 10.1. The molecule has 0 saturated carbocycles. The highest BCUT2D eigenvalue weighted by atomic mass is 16.5. The minimum atomic E-state index is 0.0359. The number of aryl methyl sites for hydroxylation is 1. The van der Waals surface area contributed by atoms with Gasteiger partial charge in [-0.25, -0.2) is 4.98 Å². The molecular formula is C25H26N2O4. The molecule has 6 nitrogen and oxygen atoms in total. The van der Waals surface area contributed by atoms with Crippen molar-refractivity contribution in [2.75, 3.05) is 26.4 Å². The first-order chi connectivity index (χ1) is 15.2. The summed E-state index contributed by atoms with van der Waals surface area (Å²) >= 11 is 0. The largest absolute Gasteiger partial charge is 0.487 e. The summed E-state index contributed by atoms with van der Waals surface area (Å²) in [6.07, 6.45) is 2.02. The standard InChI is InChI=1S/C25H26N2O4/c1-19-8-10-20(11-9-19)17-24(28)27-13-14-29-15-16-30-22-6-2-3-7-23(22)31-25-21(18-27)5-4-12-26-25/h2-12H,13-18H2,1H3. The van der Waals surface area contributed by atoms with Gasteiger partial charge in [0.05, 0.1) is 26.2 Å². The quantitative estimate of drug-likeness (QED) is 0.625. The monoisotopic (exact) mass is 418 g/mol. The summed E-state index contributed by atoms with van der Waals surface area (Å²) in [5, 5.41) is 0. The smallest absolute Gasteiger partial charge is 0.227 e. The van der Waals surface area contributed by atoms with Gasteiger partial charge in [-0.1, -0.05) is 48.0 Å². The molecular weight excluding hydrogens is 392 g/mol. The van der Waals surface area contributed by atoms with Gasteiger partial charge in [-0.05, 0) is 30.7 Å². The number of aromatic nitrogens is 1. The molecule has 31 heavy (non-hydrogen) atoms. The zero-order valence-corrected chi connectivity index (χ0v) is 17.6. The van der Waals surface area contributed by atoms with E-state index in [-0.39, 0.29) is 5.91 Å². The molecule has 1 aliphatic heterocycles. The second-order valence-electron chi connectivity index (χ2n) is 7.45. The summed E-state index contributed by atoms with van der Waals surface area (Å²) < 4.78 is 17.6. The third-order valence-corrected chi connectivity index (χ3v) is 5.09. The lowest BCUT2D eigenvalue weighted by Gasteiger charge is -2.23. The number of carbonyl (C=O) groups is 1. The summed E-state index contributed by atoms with van der Waals surface area (Å²) in [6.45, 7) is 4.16. The van der Waals surface area contributed by atoms with Crippen LogP contribution in [-0.4, -0.2) is 42.2 Å². The summed E-state index contributed by atoms with van der Waals surface area (Å²) in [6, 6.07) is 19.3. The number of carbonyl (C=O) groups excluding carboxylic acids is 1. The van der Waals surface area contributed by atoms with Crippen molar-refractivity contribution < 1.29 is 19.0 Å². The molecule has 2 aromatic carbocycles. The van der Waals surface area contributed by atoms with Crippen molar-refractivity contribution >= 4 is 5.91 Å². The van der Waals surface area contributed by atoms with Crippen molar-refractivity contribution in [3.63, 3.8) is 0 Å². The van der Waals surface area contributed by atoms with E-state index >= 15 is 0 Å². The maximum Gasteiger partial charge on any atom is 0.227 e. The Morgan fingerprint density at radius 1 is 0.968 bits per heavy atom. The van der Waals surface area contributed by atoms with E-state index in [0.29, 0.717) is 56.7 Å². The molecule has 0 spiro atoms. The molecule has 0 bridgehead atoms. The molecule has 0 radical (unpaired) electrons. The van der Waals surface area contributed by atoms with Crippen LogP contribution < -0.4 is 9.47 Å². The number of pyridine rings is 1. The van der Waals surface area contributed by atoms with Gasteiger partial charge in [-0.3, -0.25) is 4.79 Å². The van der Waals surface area contributed by atoms with E-state index in [1.165, 1.54) is 5.56 Å². The van der Waals surface area contributed by atoms with Gasteiger partial charge < -0.3 is 19.1 Å². The first-order valence-electron chi connectivity index (χ1n) is 10.4. The Morgan fingerprint density at radius 2 is 1.77 bits per heavy atom. The topological polar surface area (TPSA) is 60.9 Å². The van der Waals surface area contributed by atoms with Gasteiger partial charge in [-0.2, -0.15) is 0 Å². The lowest BCUT2D eigenvalue weighted by Crippen LogP contribution is -2.35. The fraction of sp³-hybridized carbons (Fsp3) is 0.280. The van der Waals surface area contributed by atoms with E-state index in [4.69, 9.17) is 14.2 Å². The molecule has 160 valence electrons. The molecule has 2 heterocycles. The highest BCUT2D eigenvalue weighted by Gasteiger charge is 2.19. The molecule has 3 aromatic rings. The molecule has 0 saturated heterocycles. The van der Waals surface area contributed by atoms with Crippen LogP contribution in [0, 0.1) is 6.92 Å². The molecule has 0 aliphatic carbocycles. The normalized spacial score (nSPS) is 14.5. The Bertz CT molecular complexity index is 1020. The molecule has 6 heteroatoms. The number of nitrogens with zero attached hydrogens (tertiary/aromatic N) is 2. The maximum absolute atomic E-state index is 13.1. The summed E-state index contributed by atoms with van der Waals surface area (Å²) in [5.41, 5.74) is 2.99. The van der Waals surface area contributed by atoms with Crippen LogP contribution in [0.25, 0.3) is 0 Å². The van der Waals surface area contributed by atoms with Crippen LogP contribution in [0.5, 0.6) is 17.4 Å². The third-order valence-electron chi connectivity index (χ3n) is 5.09. The van der Waals surface area contributed by atoms with Crippen molar-refractivity contribution in [1.29, 1.82) is 0 Å². The van der Waals surface area contributed by atoms with Crippen molar-refractivity contribution in [3.8, 4) is 17.4 Å². The van der Waals surface area contributed by atoms with Crippen molar-refractivity contribution in [2.24, 2.45) is 0 Å². The van der Waals surface area contributed by atoms with Gasteiger partial charge in [0.15, 0.2) is 11.5 Å². The molecule has 0 unspecified atom stereocenters. The number of amides is 1. The third kappa shape index (κ3) is 5.61. The van der Waals surface area contributed by atoms with Crippen LogP contribution in [0.2, 0.25) is 0 Å². The number of ether oxygens (including phenoxy) is 3. The van der Waals surface area contributed by atoms with Gasteiger partial charge in [0, 0.05) is 18.3 Å². The van der Waals surface area contributed by atoms with Gasteiger partial charge in [-0.15, -0.1) is 0 Å². The molecule has 4 rings (SSSR count). The highest BCUT2D eigenvalue weighted by molar-refractivity contribution is 5.78. The van der Waals surface area contributed by atoms with Gasteiger partial charge >= 0.3 is 0 Å².